The number of aromatic nitrogens is 2. The van der Waals surface area contributed by atoms with Crippen LogP contribution in [0.2, 0.25) is 0 Å². The van der Waals surface area contributed by atoms with Crippen LogP contribution in [0.3, 0.4) is 0 Å². The molecule has 6 nitrogen and oxygen atoms in total. The summed E-state index contributed by atoms with van der Waals surface area (Å²) in [5, 5.41) is 4.48. The molecule has 0 unspecified atom stereocenters. The van der Waals surface area contributed by atoms with Crippen LogP contribution in [0.15, 0.2) is 88.7 Å². The third kappa shape index (κ3) is 4.59. The van der Waals surface area contributed by atoms with Crippen molar-refractivity contribution in [2.45, 2.75) is 37.0 Å². The van der Waals surface area contributed by atoms with Gasteiger partial charge in [0.1, 0.15) is 0 Å². The average Bonchev–Trinajstić information content (AvgIpc) is 3.11. The van der Waals surface area contributed by atoms with Crippen LogP contribution in [-0.4, -0.2) is 24.2 Å². The van der Waals surface area contributed by atoms with Crippen LogP contribution in [0, 0.1) is 20.8 Å². The number of hydrogen-bond acceptors (Lipinski definition) is 5. The summed E-state index contributed by atoms with van der Waals surface area (Å²) in [5.41, 5.74) is 3.59. The number of carbonyl (C=O) groups excluding carboxylic acids is 1. The number of nitrogens with zero attached hydrogens (tertiary/aromatic N) is 2. The first-order valence-electron chi connectivity index (χ1n) is 10.5. The van der Waals surface area contributed by atoms with E-state index in [1.165, 1.54) is 16.8 Å². The Balaban J connectivity index is 1.86. The molecule has 3 aromatic carbocycles. The quantitative estimate of drug-likeness (QED) is 0.387. The first kappa shape index (κ1) is 22.5. The van der Waals surface area contributed by atoms with Gasteiger partial charge in [0.05, 0.1) is 22.7 Å². The fraction of sp³-hybridized carbons (Fsp3) is 0.154. The van der Waals surface area contributed by atoms with Gasteiger partial charge < -0.3 is 4.74 Å². The summed E-state index contributed by atoms with van der Waals surface area (Å²) in [6.45, 7) is 5.47. The van der Waals surface area contributed by atoms with E-state index in [-0.39, 0.29) is 27.8 Å². The molecule has 168 valence electrons. The maximum absolute atomic E-state index is 13.6. The monoisotopic (exact) mass is 460 g/mol. The van der Waals surface area contributed by atoms with E-state index >= 15 is 0 Å². The molecule has 0 spiro atoms. The van der Waals surface area contributed by atoms with Gasteiger partial charge in [-0.05, 0) is 50.1 Å². The first-order valence-corrected chi connectivity index (χ1v) is 12.0. The summed E-state index contributed by atoms with van der Waals surface area (Å²) in [5.74, 6) is -0.680. The van der Waals surface area contributed by atoms with Crippen molar-refractivity contribution in [1.29, 1.82) is 0 Å². The molecule has 1 aromatic heterocycles. The number of benzene rings is 3. The van der Waals surface area contributed by atoms with Crippen LogP contribution in [0.5, 0.6) is 5.88 Å². The molecule has 0 saturated carbocycles. The van der Waals surface area contributed by atoms with Crippen LogP contribution in [0.25, 0.3) is 5.69 Å². The van der Waals surface area contributed by atoms with Gasteiger partial charge in [-0.25, -0.2) is 8.42 Å². The Morgan fingerprint density at radius 2 is 1.55 bits per heavy atom. The summed E-state index contributed by atoms with van der Waals surface area (Å²) in [4.78, 5) is 12.9. The molecule has 4 rings (SSSR count). The molecule has 0 atom stereocenters. The Hall–Kier alpha value is -3.71. The molecule has 4 aromatic rings. The highest BCUT2D eigenvalue weighted by molar-refractivity contribution is 7.91. The smallest absolute Gasteiger partial charge is 0.317 e. The lowest BCUT2D eigenvalue weighted by Gasteiger charge is -2.13. The second-order valence-corrected chi connectivity index (χ2v) is 9.76. The van der Waals surface area contributed by atoms with Crippen LogP contribution < -0.4 is 4.74 Å². The minimum absolute atomic E-state index is 0.00275. The summed E-state index contributed by atoms with van der Waals surface area (Å²) < 4.78 is 34.2. The van der Waals surface area contributed by atoms with Crippen molar-refractivity contribution in [3.63, 3.8) is 0 Å². The van der Waals surface area contributed by atoms with Gasteiger partial charge >= 0.3 is 5.97 Å². The molecule has 0 amide bonds. The fourth-order valence-electron chi connectivity index (χ4n) is 3.72. The highest BCUT2D eigenvalue weighted by Crippen LogP contribution is 2.35. The normalized spacial score (nSPS) is 11.4. The van der Waals surface area contributed by atoms with E-state index < -0.39 is 15.8 Å². The lowest BCUT2D eigenvalue weighted by atomic mass is 10.1. The zero-order chi connectivity index (χ0) is 23.6. The lowest BCUT2D eigenvalue weighted by molar-refractivity contribution is -0.134. The average molecular weight is 461 g/mol. The van der Waals surface area contributed by atoms with Crippen molar-refractivity contribution < 1.29 is 17.9 Å². The predicted molar refractivity (Wildman–Crippen MR) is 125 cm³/mol. The molecule has 0 fully saturated rings. The molecule has 0 aliphatic rings. The van der Waals surface area contributed by atoms with Gasteiger partial charge in [0.15, 0.2) is 4.90 Å². The lowest BCUT2D eigenvalue weighted by Crippen LogP contribution is -2.16. The van der Waals surface area contributed by atoms with E-state index in [4.69, 9.17) is 4.74 Å². The number of aryl methyl sites for hydroxylation is 3. The van der Waals surface area contributed by atoms with Crippen LogP contribution in [-0.2, 0) is 21.1 Å². The first-order chi connectivity index (χ1) is 15.8. The third-order valence-electron chi connectivity index (χ3n) is 5.27. The van der Waals surface area contributed by atoms with Gasteiger partial charge in [0.2, 0.25) is 15.7 Å². The number of hydrogen-bond donors (Lipinski definition) is 0. The van der Waals surface area contributed by atoms with E-state index in [2.05, 4.69) is 5.10 Å². The van der Waals surface area contributed by atoms with E-state index in [1.807, 2.05) is 62.4 Å². The number of carbonyl (C=O) groups is 1. The highest BCUT2D eigenvalue weighted by atomic mass is 32.2. The fourth-order valence-corrected chi connectivity index (χ4v) is 5.26. The van der Waals surface area contributed by atoms with Gasteiger partial charge in [0, 0.05) is 0 Å². The third-order valence-corrected chi connectivity index (χ3v) is 7.17. The number of ether oxygens (including phenoxy) is 1. The van der Waals surface area contributed by atoms with Gasteiger partial charge in [-0.1, -0.05) is 66.2 Å². The molecule has 0 radical (unpaired) electrons. The molecule has 0 aliphatic heterocycles. The molecular formula is C26H24N2O4S. The standard InChI is InChI=1S/C26H24N2O4S/c1-18-14-15-23(19(2)16-18)28-26(32-24(29)17-21-10-6-4-7-11-21)25(20(3)27-28)33(30,31)22-12-8-5-9-13-22/h4-16H,17H2,1-3H3. The van der Waals surface area contributed by atoms with Crippen molar-refractivity contribution in [1.82, 2.24) is 9.78 Å². The molecular weight excluding hydrogens is 436 g/mol. The summed E-state index contributed by atoms with van der Waals surface area (Å²) in [6, 6.07) is 22.9. The Morgan fingerprint density at radius 1 is 0.909 bits per heavy atom. The molecule has 0 bridgehead atoms. The van der Waals surface area contributed by atoms with Crippen molar-refractivity contribution in [3.8, 4) is 11.6 Å². The largest absolute Gasteiger partial charge is 0.406 e. The van der Waals surface area contributed by atoms with E-state index in [0.717, 1.165) is 16.7 Å². The highest BCUT2D eigenvalue weighted by Gasteiger charge is 2.32. The summed E-state index contributed by atoms with van der Waals surface area (Å²) >= 11 is 0. The Morgan fingerprint density at radius 3 is 2.18 bits per heavy atom. The molecule has 7 heteroatoms. The van der Waals surface area contributed by atoms with Gasteiger partial charge in [-0.15, -0.1) is 0 Å². The molecule has 1 heterocycles. The van der Waals surface area contributed by atoms with Gasteiger partial charge in [-0.2, -0.15) is 9.78 Å². The summed E-state index contributed by atoms with van der Waals surface area (Å²) in [6.07, 6.45) is 0.00275. The van der Waals surface area contributed by atoms with E-state index in [0.29, 0.717) is 5.69 Å². The number of esters is 1. The SMILES string of the molecule is Cc1ccc(-n2nc(C)c(S(=O)(=O)c3ccccc3)c2OC(=O)Cc2ccccc2)c(C)c1. The molecule has 0 aliphatic carbocycles. The van der Waals surface area contributed by atoms with Crippen molar-refractivity contribution in [3.05, 3.63) is 101 Å². The van der Waals surface area contributed by atoms with Crippen molar-refractivity contribution in [2.24, 2.45) is 0 Å². The van der Waals surface area contributed by atoms with Crippen LogP contribution in [0.4, 0.5) is 0 Å². The maximum atomic E-state index is 13.6. The van der Waals surface area contributed by atoms with Crippen LogP contribution in [0.1, 0.15) is 22.4 Å². The van der Waals surface area contributed by atoms with Crippen LogP contribution >= 0.6 is 0 Å². The molecule has 0 N–H and O–H groups in total. The second-order valence-electron chi connectivity index (χ2n) is 7.87. The zero-order valence-corrected chi connectivity index (χ0v) is 19.5. The maximum Gasteiger partial charge on any atom is 0.317 e. The Labute approximate surface area is 193 Å². The van der Waals surface area contributed by atoms with Crippen molar-refractivity contribution >= 4 is 15.8 Å². The summed E-state index contributed by atoms with van der Waals surface area (Å²) in [7, 11) is -3.99. The Kier molecular flexibility index (Phi) is 6.16. The Bertz CT molecular complexity index is 1410. The molecule has 0 saturated heterocycles. The predicted octanol–water partition coefficient (Wildman–Crippen LogP) is 4.78. The molecule has 33 heavy (non-hydrogen) atoms. The number of sulfone groups is 1. The minimum atomic E-state index is -3.99. The van der Waals surface area contributed by atoms with E-state index in [1.54, 1.807) is 25.1 Å². The van der Waals surface area contributed by atoms with E-state index in [9.17, 15) is 13.2 Å². The topological polar surface area (TPSA) is 78.3 Å². The van der Waals surface area contributed by atoms with Crippen molar-refractivity contribution in [2.75, 3.05) is 0 Å². The second kappa shape index (κ2) is 9.03. The van der Waals surface area contributed by atoms with Gasteiger partial charge in [0.25, 0.3) is 0 Å². The minimum Gasteiger partial charge on any atom is -0.406 e. The number of rotatable bonds is 6. The van der Waals surface area contributed by atoms with Gasteiger partial charge in [-0.3, -0.25) is 4.79 Å². The zero-order valence-electron chi connectivity index (χ0n) is 18.6.